The molecule has 0 aliphatic carbocycles. The molecule has 0 saturated heterocycles. The average Bonchev–Trinajstić information content (AvgIpc) is 2.84. The van der Waals surface area contributed by atoms with E-state index in [2.05, 4.69) is 20.6 Å². The first-order chi connectivity index (χ1) is 7.61. The van der Waals surface area contributed by atoms with E-state index in [9.17, 15) is 9.18 Å². The van der Waals surface area contributed by atoms with Gasteiger partial charge in [-0.25, -0.2) is 4.79 Å². The van der Waals surface area contributed by atoms with E-state index in [0.717, 1.165) is 4.68 Å². The number of rotatable bonds is 1. The normalized spacial score (nSPS) is 11.0. The zero-order chi connectivity index (χ0) is 11.7. The van der Waals surface area contributed by atoms with Gasteiger partial charge in [0.05, 0.1) is 12.4 Å². The van der Waals surface area contributed by atoms with Crippen LogP contribution in [0.5, 0.6) is 0 Å². The van der Waals surface area contributed by atoms with Crippen LogP contribution in [0.25, 0.3) is 0 Å². The van der Waals surface area contributed by atoms with Crippen molar-refractivity contribution in [1.29, 1.82) is 0 Å². The molecule has 2 rings (SSSR count). The minimum atomic E-state index is -0.768. The summed E-state index contributed by atoms with van der Waals surface area (Å²) in [6.07, 6.45) is 2.62. The van der Waals surface area contributed by atoms with E-state index in [-0.39, 0.29) is 11.6 Å². The number of halogens is 1. The van der Waals surface area contributed by atoms with Crippen molar-refractivity contribution in [2.75, 3.05) is 0 Å². The fourth-order valence-electron chi connectivity index (χ4n) is 1.17. The third-order valence-corrected chi connectivity index (χ3v) is 1.99. The van der Waals surface area contributed by atoms with Gasteiger partial charge in [0, 0.05) is 5.92 Å². The second kappa shape index (κ2) is 3.80. The van der Waals surface area contributed by atoms with Crippen LogP contribution in [0.3, 0.4) is 0 Å². The zero-order valence-corrected chi connectivity index (χ0v) is 8.70. The van der Waals surface area contributed by atoms with Gasteiger partial charge in [-0.3, -0.25) is 0 Å². The molecule has 0 aliphatic heterocycles. The van der Waals surface area contributed by atoms with Crippen molar-refractivity contribution in [2.45, 2.75) is 19.8 Å². The van der Waals surface area contributed by atoms with Crippen LogP contribution < -0.4 is 0 Å². The van der Waals surface area contributed by atoms with Gasteiger partial charge in [-0.05, 0) is 0 Å². The highest BCUT2D eigenvalue weighted by molar-refractivity contribution is 5.77. The van der Waals surface area contributed by atoms with Crippen molar-refractivity contribution < 1.29 is 9.18 Å². The second-order valence-corrected chi connectivity index (χ2v) is 3.46. The van der Waals surface area contributed by atoms with Gasteiger partial charge in [0.2, 0.25) is 5.95 Å². The first-order valence-electron chi connectivity index (χ1n) is 4.63. The number of aromatic nitrogens is 6. The molecule has 84 valence electrons. The van der Waals surface area contributed by atoms with Crippen molar-refractivity contribution in [2.24, 2.45) is 0 Å². The summed E-state index contributed by atoms with van der Waals surface area (Å²) in [4.78, 5) is 11.6. The van der Waals surface area contributed by atoms with E-state index in [1.807, 2.05) is 0 Å². The average molecular weight is 224 g/mol. The molecule has 0 aliphatic rings. The van der Waals surface area contributed by atoms with Crippen LogP contribution in [0.1, 0.15) is 25.5 Å². The molecule has 0 aromatic carbocycles. The molecule has 0 atom stereocenters. The summed E-state index contributed by atoms with van der Waals surface area (Å²) in [5.74, 6) is -0.909. The van der Waals surface area contributed by atoms with Gasteiger partial charge < -0.3 is 0 Å². The summed E-state index contributed by atoms with van der Waals surface area (Å²) < 4.78 is 15.1. The molecule has 0 fully saturated rings. The van der Waals surface area contributed by atoms with Crippen LogP contribution in [0.4, 0.5) is 9.18 Å². The SMILES string of the molecule is CC(C)c1nnn(C(=O)n2ccnn2)c1F. The monoisotopic (exact) mass is 224 g/mol. The Morgan fingerprint density at radius 2 is 2.19 bits per heavy atom. The maximum atomic E-state index is 13.7. The van der Waals surface area contributed by atoms with Crippen LogP contribution >= 0.6 is 0 Å². The van der Waals surface area contributed by atoms with Crippen LogP contribution in [-0.4, -0.2) is 36.0 Å². The van der Waals surface area contributed by atoms with Gasteiger partial charge in [-0.2, -0.15) is 9.07 Å². The first-order valence-corrected chi connectivity index (χ1v) is 4.63. The summed E-state index contributed by atoms with van der Waals surface area (Å²) in [5.41, 5.74) is 0.147. The largest absolute Gasteiger partial charge is 0.374 e. The highest BCUT2D eigenvalue weighted by atomic mass is 19.1. The summed E-state index contributed by atoms with van der Waals surface area (Å²) in [5, 5.41) is 13.9. The Morgan fingerprint density at radius 3 is 2.69 bits per heavy atom. The fourth-order valence-corrected chi connectivity index (χ4v) is 1.17. The van der Waals surface area contributed by atoms with Gasteiger partial charge in [0.15, 0.2) is 0 Å². The zero-order valence-electron chi connectivity index (χ0n) is 8.70. The summed E-state index contributed by atoms with van der Waals surface area (Å²) >= 11 is 0. The number of hydrogen-bond donors (Lipinski definition) is 0. The van der Waals surface area contributed by atoms with E-state index in [1.165, 1.54) is 12.4 Å². The van der Waals surface area contributed by atoms with Crippen molar-refractivity contribution in [3.05, 3.63) is 24.0 Å². The molecule has 8 heteroatoms. The first kappa shape index (κ1) is 10.4. The predicted molar refractivity (Wildman–Crippen MR) is 50.3 cm³/mol. The van der Waals surface area contributed by atoms with Crippen LogP contribution in [0.2, 0.25) is 0 Å². The van der Waals surface area contributed by atoms with Gasteiger partial charge in [-0.15, -0.1) is 14.9 Å². The lowest BCUT2D eigenvalue weighted by atomic mass is 10.1. The highest BCUT2D eigenvalue weighted by Gasteiger charge is 2.21. The molecule has 0 amide bonds. The molecule has 2 heterocycles. The Hall–Kier alpha value is -2.12. The molecule has 2 aromatic rings. The van der Waals surface area contributed by atoms with Gasteiger partial charge in [-0.1, -0.05) is 24.3 Å². The number of carbonyl (C=O) groups excluding carboxylic acids is 1. The van der Waals surface area contributed by atoms with Gasteiger partial charge in [0.25, 0.3) is 0 Å². The lowest BCUT2D eigenvalue weighted by Gasteiger charge is -1.99. The maximum Gasteiger partial charge on any atom is 0.374 e. The Kier molecular flexibility index (Phi) is 2.47. The Morgan fingerprint density at radius 1 is 1.44 bits per heavy atom. The number of hydrogen-bond acceptors (Lipinski definition) is 5. The minimum absolute atomic E-state index is 0.141. The van der Waals surface area contributed by atoms with E-state index < -0.39 is 12.0 Å². The highest BCUT2D eigenvalue weighted by Crippen LogP contribution is 2.14. The molecule has 16 heavy (non-hydrogen) atoms. The summed E-state index contributed by atoms with van der Waals surface area (Å²) in [6.45, 7) is 3.52. The molecule has 0 bridgehead atoms. The topological polar surface area (TPSA) is 78.5 Å². The van der Waals surface area contributed by atoms with E-state index in [4.69, 9.17) is 0 Å². The van der Waals surface area contributed by atoms with Gasteiger partial charge >= 0.3 is 6.03 Å². The molecular weight excluding hydrogens is 215 g/mol. The quantitative estimate of drug-likeness (QED) is 0.710. The maximum absolute atomic E-state index is 13.7. The molecule has 7 nitrogen and oxygen atoms in total. The van der Waals surface area contributed by atoms with E-state index in [1.54, 1.807) is 13.8 Å². The number of nitrogens with zero attached hydrogens (tertiary/aromatic N) is 6. The molecule has 0 saturated carbocycles. The summed E-state index contributed by atoms with van der Waals surface area (Å²) in [6, 6.07) is -0.755. The molecule has 0 spiro atoms. The fraction of sp³-hybridized carbons (Fsp3) is 0.375. The van der Waals surface area contributed by atoms with E-state index in [0.29, 0.717) is 4.68 Å². The minimum Gasteiger partial charge on any atom is -0.243 e. The lowest BCUT2D eigenvalue weighted by molar-refractivity contribution is 0.233. The molecule has 2 aromatic heterocycles. The third kappa shape index (κ3) is 1.58. The predicted octanol–water partition coefficient (Wildman–Crippen LogP) is 0.648. The van der Waals surface area contributed by atoms with Crippen molar-refractivity contribution in [3.8, 4) is 0 Å². The van der Waals surface area contributed by atoms with Crippen molar-refractivity contribution in [1.82, 2.24) is 30.0 Å². The molecular formula is C8H9FN6O. The van der Waals surface area contributed by atoms with Crippen LogP contribution in [-0.2, 0) is 0 Å². The smallest absolute Gasteiger partial charge is 0.243 e. The molecule has 0 unspecified atom stereocenters. The number of carbonyl (C=O) groups is 1. The molecule has 0 radical (unpaired) electrons. The van der Waals surface area contributed by atoms with Crippen molar-refractivity contribution in [3.63, 3.8) is 0 Å². The van der Waals surface area contributed by atoms with E-state index >= 15 is 0 Å². The van der Waals surface area contributed by atoms with Gasteiger partial charge in [0.1, 0.15) is 5.69 Å². The Bertz CT molecular complexity index is 503. The Balaban J connectivity index is 2.39. The summed E-state index contributed by atoms with van der Waals surface area (Å²) in [7, 11) is 0. The second-order valence-electron chi connectivity index (χ2n) is 3.46. The molecule has 0 N–H and O–H groups in total. The lowest BCUT2D eigenvalue weighted by Crippen LogP contribution is -2.23. The Labute approximate surface area is 89.9 Å². The standard InChI is InChI=1S/C8H9FN6O/c1-5(2)6-7(9)15(13-11-6)8(16)14-4-3-10-12-14/h3-5H,1-2H3. The van der Waals surface area contributed by atoms with Crippen molar-refractivity contribution >= 4 is 6.03 Å². The van der Waals surface area contributed by atoms with Crippen LogP contribution in [0.15, 0.2) is 12.4 Å². The van der Waals surface area contributed by atoms with Crippen LogP contribution in [0, 0.1) is 5.95 Å². The third-order valence-electron chi connectivity index (χ3n) is 1.99.